The zero-order chi connectivity index (χ0) is 15.5. The van der Waals surface area contributed by atoms with Crippen molar-refractivity contribution in [1.82, 2.24) is 19.9 Å². The van der Waals surface area contributed by atoms with E-state index >= 15 is 0 Å². The number of aromatic nitrogens is 4. The fraction of sp³-hybridized carbons (Fsp3) is 0.500. The van der Waals surface area contributed by atoms with Gasteiger partial charge in [-0.2, -0.15) is 0 Å². The van der Waals surface area contributed by atoms with Crippen LogP contribution in [0.3, 0.4) is 0 Å². The van der Waals surface area contributed by atoms with Crippen LogP contribution in [-0.2, 0) is 0 Å². The average Bonchev–Trinajstić information content (AvgIpc) is 2.55. The van der Waals surface area contributed by atoms with Crippen molar-refractivity contribution in [3.05, 3.63) is 36.0 Å². The highest BCUT2D eigenvalue weighted by Gasteiger charge is 2.24. The lowest BCUT2D eigenvalue weighted by molar-refractivity contribution is 0.475. The topological polar surface area (TPSA) is 58.0 Å². The maximum absolute atomic E-state index is 4.51. The molecule has 3 rings (SSSR count). The normalized spacial score (nSPS) is 15.9. The maximum atomic E-state index is 4.51. The van der Waals surface area contributed by atoms with Gasteiger partial charge in [0.05, 0.1) is 0 Å². The molecule has 6 nitrogen and oxygen atoms in total. The van der Waals surface area contributed by atoms with Crippen LogP contribution < -0.4 is 9.80 Å². The number of piperidine rings is 1. The quantitative estimate of drug-likeness (QED) is 0.863. The Bertz CT molecular complexity index is 619. The molecule has 0 unspecified atom stereocenters. The second kappa shape index (κ2) is 6.25. The number of hydrogen-bond donors (Lipinski definition) is 0. The van der Waals surface area contributed by atoms with Crippen molar-refractivity contribution < 1.29 is 0 Å². The third-order valence-electron chi connectivity index (χ3n) is 4.18. The zero-order valence-corrected chi connectivity index (χ0v) is 13.4. The van der Waals surface area contributed by atoms with E-state index in [1.807, 2.05) is 38.5 Å². The molecule has 0 radical (unpaired) electrons. The summed E-state index contributed by atoms with van der Waals surface area (Å²) in [5, 5.41) is 0. The standard InChI is InChI=1S/C16H22N6/c1-12-10-18-16(19-11-12)21(3)14-5-8-22(9-6-14)15-4-7-17-13(2)20-15/h4,7,10-11,14H,5-6,8-9H2,1-3H3. The first-order chi connectivity index (χ1) is 10.6. The van der Waals surface area contributed by atoms with Gasteiger partial charge < -0.3 is 9.80 Å². The minimum Gasteiger partial charge on any atom is -0.356 e. The summed E-state index contributed by atoms with van der Waals surface area (Å²) < 4.78 is 0. The van der Waals surface area contributed by atoms with Crippen LogP contribution in [0.1, 0.15) is 24.2 Å². The van der Waals surface area contributed by atoms with Crippen LogP contribution in [0.25, 0.3) is 0 Å². The molecule has 0 bridgehead atoms. The van der Waals surface area contributed by atoms with Gasteiger partial charge in [-0.1, -0.05) is 0 Å². The largest absolute Gasteiger partial charge is 0.356 e. The first kappa shape index (κ1) is 14.7. The van der Waals surface area contributed by atoms with Crippen molar-refractivity contribution in [1.29, 1.82) is 0 Å². The minimum absolute atomic E-state index is 0.474. The van der Waals surface area contributed by atoms with E-state index in [1.165, 1.54) is 0 Å². The molecule has 0 aromatic carbocycles. The van der Waals surface area contributed by atoms with E-state index in [0.29, 0.717) is 6.04 Å². The summed E-state index contributed by atoms with van der Waals surface area (Å²) in [6.07, 6.45) is 7.73. The number of nitrogens with zero attached hydrogens (tertiary/aromatic N) is 6. The van der Waals surface area contributed by atoms with Crippen molar-refractivity contribution in [2.24, 2.45) is 0 Å². The van der Waals surface area contributed by atoms with E-state index in [-0.39, 0.29) is 0 Å². The van der Waals surface area contributed by atoms with Gasteiger partial charge in [-0.25, -0.2) is 19.9 Å². The van der Waals surface area contributed by atoms with E-state index < -0.39 is 0 Å². The molecule has 6 heteroatoms. The summed E-state index contributed by atoms with van der Waals surface area (Å²) in [6, 6.07) is 2.46. The fourth-order valence-electron chi connectivity index (χ4n) is 2.83. The Morgan fingerprint density at radius 3 is 2.41 bits per heavy atom. The highest BCUT2D eigenvalue weighted by molar-refractivity contribution is 5.39. The molecule has 1 fully saturated rings. The van der Waals surface area contributed by atoms with Gasteiger partial charge in [0.25, 0.3) is 0 Å². The van der Waals surface area contributed by atoms with Crippen molar-refractivity contribution in [2.75, 3.05) is 29.9 Å². The monoisotopic (exact) mass is 298 g/mol. The molecule has 0 atom stereocenters. The van der Waals surface area contributed by atoms with E-state index in [0.717, 1.165) is 49.1 Å². The molecule has 0 aliphatic carbocycles. The molecule has 1 aliphatic heterocycles. The molecular formula is C16H22N6. The fourth-order valence-corrected chi connectivity index (χ4v) is 2.83. The third kappa shape index (κ3) is 3.16. The Balaban J connectivity index is 1.62. The van der Waals surface area contributed by atoms with Crippen LogP contribution in [0.5, 0.6) is 0 Å². The molecule has 1 saturated heterocycles. The van der Waals surface area contributed by atoms with Gasteiger partial charge in [-0.15, -0.1) is 0 Å². The Hall–Kier alpha value is -2.24. The average molecular weight is 298 g/mol. The summed E-state index contributed by atoms with van der Waals surface area (Å²) in [6.45, 7) is 5.93. The van der Waals surface area contributed by atoms with Crippen molar-refractivity contribution in [3.63, 3.8) is 0 Å². The van der Waals surface area contributed by atoms with Gasteiger partial charge in [-0.3, -0.25) is 0 Å². The molecule has 0 amide bonds. The van der Waals surface area contributed by atoms with Gasteiger partial charge in [0.2, 0.25) is 5.95 Å². The molecule has 2 aromatic rings. The lowest BCUT2D eigenvalue weighted by atomic mass is 10.0. The van der Waals surface area contributed by atoms with Crippen LogP contribution in [0, 0.1) is 13.8 Å². The summed E-state index contributed by atoms with van der Waals surface area (Å²) in [4.78, 5) is 22.0. The summed E-state index contributed by atoms with van der Waals surface area (Å²) in [7, 11) is 2.08. The molecule has 1 aliphatic rings. The summed E-state index contributed by atoms with van der Waals surface area (Å²) in [5.74, 6) is 2.66. The second-order valence-corrected chi connectivity index (χ2v) is 5.85. The molecule has 2 aromatic heterocycles. The number of aryl methyl sites for hydroxylation is 2. The molecular weight excluding hydrogens is 276 g/mol. The highest BCUT2D eigenvalue weighted by atomic mass is 15.3. The Morgan fingerprint density at radius 2 is 1.77 bits per heavy atom. The van der Waals surface area contributed by atoms with Crippen LogP contribution in [0.15, 0.2) is 24.7 Å². The smallest absolute Gasteiger partial charge is 0.225 e. The van der Waals surface area contributed by atoms with Gasteiger partial charge in [0, 0.05) is 44.8 Å². The van der Waals surface area contributed by atoms with Crippen LogP contribution >= 0.6 is 0 Å². The minimum atomic E-state index is 0.474. The highest BCUT2D eigenvalue weighted by Crippen LogP contribution is 2.22. The first-order valence-electron chi connectivity index (χ1n) is 7.69. The summed E-state index contributed by atoms with van der Waals surface area (Å²) in [5.41, 5.74) is 1.09. The lowest BCUT2D eigenvalue weighted by Gasteiger charge is -2.37. The van der Waals surface area contributed by atoms with E-state index in [1.54, 1.807) is 0 Å². The number of hydrogen-bond acceptors (Lipinski definition) is 6. The first-order valence-corrected chi connectivity index (χ1v) is 7.69. The number of anilines is 2. The predicted octanol–water partition coefficient (Wildman–Crippen LogP) is 1.99. The maximum Gasteiger partial charge on any atom is 0.225 e. The SMILES string of the molecule is Cc1cnc(N(C)C2CCN(c3ccnc(C)n3)CC2)nc1. The number of rotatable bonds is 3. The van der Waals surface area contributed by atoms with Crippen molar-refractivity contribution in [3.8, 4) is 0 Å². The Labute approximate surface area is 131 Å². The van der Waals surface area contributed by atoms with Crippen molar-refractivity contribution in [2.45, 2.75) is 32.7 Å². The third-order valence-corrected chi connectivity index (χ3v) is 4.18. The van der Waals surface area contributed by atoms with E-state index in [4.69, 9.17) is 0 Å². The molecule has 0 saturated carbocycles. The van der Waals surface area contributed by atoms with E-state index in [9.17, 15) is 0 Å². The predicted molar refractivity (Wildman–Crippen MR) is 87.2 cm³/mol. The van der Waals surface area contributed by atoms with Crippen molar-refractivity contribution >= 4 is 11.8 Å². The van der Waals surface area contributed by atoms with Crippen LogP contribution in [-0.4, -0.2) is 46.1 Å². The zero-order valence-electron chi connectivity index (χ0n) is 13.4. The van der Waals surface area contributed by atoms with Gasteiger partial charge >= 0.3 is 0 Å². The Morgan fingerprint density at radius 1 is 1.09 bits per heavy atom. The Kier molecular flexibility index (Phi) is 4.18. The lowest BCUT2D eigenvalue weighted by Crippen LogP contribution is -2.44. The molecule has 0 N–H and O–H groups in total. The van der Waals surface area contributed by atoms with Gasteiger partial charge in [0.15, 0.2) is 0 Å². The summed E-state index contributed by atoms with van der Waals surface area (Å²) >= 11 is 0. The van der Waals surface area contributed by atoms with Gasteiger partial charge in [-0.05, 0) is 38.3 Å². The molecule has 0 spiro atoms. The van der Waals surface area contributed by atoms with E-state index in [2.05, 4.69) is 36.8 Å². The molecule has 116 valence electrons. The molecule has 3 heterocycles. The van der Waals surface area contributed by atoms with Gasteiger partial charge in [0.1, 0.15) is 11.6 Å². The molecule has 22 heavy (non-hydrogen) atoms. The van der Waals surface area contributed by atoms with Crippen LogP contribution in [0.4, 0.5) is 11.8 Å². The second-order valence-electron chi connectivity index (χ2n) is 5.85. The van der Waals surface area contributed by atoms with Crippen LogP contribution in [0.2, 0.25) is 0 Å².